The Kier molecular flexibility index (Phi) is 5.73. The molecule has 0 bridgehead atoms. The average molecular weight is 321 g/mol. The Morgan fingerprint density at radius 1 is 0.957 bits per heavy atom. The molecule has 0 radical (unpaired) electrons. The van der Waals surface area contributed by atoms with Gasteiger partial charge < -0.3 is 9.80 Å². The van der Waals surface area contributed by atoms with Crippen molar-refractivity contribution in [1.29, 1.82) is 0 Å². The van der Waals surface area contributed by atoms with Crippen molar-refractivity contribution in [2.75, 3.05) is 26.2 Å². The number of hydrogen-bond donors (Lipinski definition) is 0. The van der Waals surface area contributed by atoms with Crippen LogP contribution in [0.2, 0.25) is 0 Å². The topological polar surface area (TPSA) is 6.48 Å². The largest absolute Gasteiger partial charge is 0.301 e. The van der Waals surface area contributed by atoms with Gasteiger partial charge in [-0.25, -0.2) is 0 Å². The van der Waals surface area contributed by atoms with Gasteiger partial charge in [-0.15, -0.1) is 0 Å². The van der Waals surface area contributed by atoms with Gasteiger partial charge in [-0.1, -0.05) is 27.2 Å². The summed E-state index contributed by atoms with van der Waals surface area (Å²) in [6.07, 6.45) is 11.6. The lowest BCUT2D eigenvalue weighted by molar-refractivity contribution is -0.0588. The second-order valence-electron chi connectivity index (χ2n) is 9.35. The fourth-order valence-electron chi connectivity index (χ4n) is 5.60. The van der Waals surface area contributed by atoms with E-state index in [9.17, 15) is 0 Å². The van der Waals surface area contributed by atoms with E-state index in [2.05, 4.69) is 37.5 Å². The molecule has 23 heavy (non-hydrogen) atoms. The molecule has 0 aromatic heterocycles. The van der Waals surface area contributed by atoms with Crippen molar-refractivity contribution in [3.05, 3.63) is 0 Å². The van der Waals surface area contributed by atoms with Crippen LogP contribution in [0.1, 0.15) is 79.1 Å². The number of hydrogen-bond acceptors (Lipinski definition) is 2. The third-order valence-corrected chi connectivity index (χ3v) is 7.56. The van der Waals surface area contributed by atoms with E-state index in [-0.39, 0.29) is 0 Å². The standard InChI is InChI=1S/C21H40N2/c1-5-6-18(4)22-13-9-21(10-14-22)15-20(16-21)23-11-7-19(8-12-23)17(2)3/h17-20H,5-16H2,1-4H3. The minimum atomic E-state index is 0.738. The summed E-state index contributed by atoms with van der Waals surface area (Å²) in [7, 11) is 0. The van der Waals surface area contributed by atoms with E-state index < -0.39 is 0 Å². The zero-order chi connectivity index (χ0) is 16.4. The van der Waals surface area contributed by atoms with E-state index in [0.717, 1.165) is 29.3 Å². The van der Waals surface area contributed by atoms with Gasteiger partial charge in [0.1, 0.15) is 0 Å². The van der Waals surface area contributed by atoms with Crippen LogP contribution in [0.15, 0.2) is 0 Å². The van der Waals surface area contributed by atoms with Gasteiger partial charge in [-0.3, -0.25) is 0 Å². The van der Waals surface area contributed by atoms with E-state index >= 15 is 0 Å². The third-order valence-electron chi connectivity index (χ3n) is 7.56. The SMILES string of the molecule is CCCC(C)N1CCC2(CC1)CC(N1CCC(C(C)C)CC1)C2. The van der Waals surface area contributed by atoms with Crippen LogP contribution < -0.4 is 0 Å². The van der Waals surface area contributed by atoms with Crippen molar-refractivity contribution in [3.8, 4) is 0 Å². The zero-order valence-corrected chi connectivity index (χ0v) is 16.2. The van der Waals surface area contributed by atoms with E-state index in [1.165, 1.54) is 77.5 Å². The molecule has 1 spiro atoms. The molecule has 2 heterocycles. The van der Waals surface area contributed by atoms with E-state index in [0.29, 0.717) is 0 Å². The third kappa shape index (κ3) is 3.95. The van der Waals surface area contributed by atoms with Gasteiger partial charge in [-0.2, -0.15) is 0 Å². The van der Waals surface area contributed by atoms with Crippen LogP contribution >= 0.6 is 0 Å². The smallest absolute Gasteiger partial charge is 0.0106 e. The molecule has 1 unspecified atom stereocenters. The molecule has 2 saturated heterocycles. The van der Waals surface area contributed by atoms with Crippen LogP contribution in [-0.2, 0) is 0 Å². The highest BCUT2D eigenvalue weighted by Gasteiger charge is 2.48. The molecule has 0 amide bonds. The lowest BCUT2D eigenvalue weighted by Crippen LogP contribution is -2.57. The molecule has 2 nitrogen and oxygen atoms in total. The van der Waals surface area contributed by atoms with Crippen molar-refractivity contribution < 1.29 is 0 Å². The first-order chi connectivity index (χ1) is 11.0. The van der Waals surface area contributed by atoms with Crippen molar-refractivity contribution in [3.63, 3.8) is 0 Å². The molecule has 3 fully saturated rings. The van der Waals surface area contributed by atoms with Crippen LogP contribution in [0.5, 0.6) is 0 Å². The second-order valence-corrected chi connectivity index (χ2v) is 9.35. The predicted octanol–water partition coefficient (Wildman–Crippen LogP) is 4.79. The van der Waals surface area contributed by atoms with Gasteiger partial charge in [0, 0.05) is 12.1 Å². The summed E-state index contributed by atoms with van der Waals surface area (Å²) in [4.78, 5) is 5.60. The van der Waals surface area contributed by atoms with Crippen LogP contribution in [0.3, 0.4) is 0 Å². The van der Waals surface area contributed by atoms with E-state index in [1.807, 2.05) is 0 Å². The summed E-state index contributed by atoms with van der Waals surface area (Å²) < 4.78 is 0. The van der Waals surface area contributed by atoms with Gasteiger partial charge in [0.15, 0.2) is 0 Å². The fraction of sp³-hybridized carbons (Fsp3) is 1.00. The molecular formula is C21H40N2. The minimum Gasteiger partial charge on any atom is -0.301 e. The van der Waals surface area contributed by atoms with Gasteiger partial charge in [-0.05, 0) is 95.3 Å². The Morgan fingerprint density at radius 3 is 2.09 bits per heavy atom. The van der Waals surface area contributed by atoms with Crippen LogP contribution in [0, 0.1) is 17.3 Å². The summed E-state index contributed by atoms with van der Waals surface area (Å²) in [5, 5.41) is 0. The Morgan fingerprint density at radius 2 is 1.57 bits per heavy atom. The molecule has 0 N–H and O–H groups in total. The Labute approximate surface area is 145 Å². The first-order valence-corrected chi connectivity index (χ1v) is 10.5. The highest BCUT2D eigenvalue weighted by molar-refractivity contribution is 5.02. The van der Waals surface area contributed by atoms with Crippen LogP contribution in [0.4, 0.5) is 0 Å². The van der Waals surface area contributed by atoms with E-state index in [1.54, 1.807) is 0 Å². The first kappa shape index (κ1) is 17.7. The van der Waals surface area contributed by atoms with Crippen LogP contribution in [0.25, 0.3) is 0 Å². The number of piperidine rings is 2. The molecule has 0 aromatic rings. The summed E-state index contributed by atoms with van der Waals surface area (Å²) in [5.74, 6) is 1.88. The Bertz CT molecular complexity index is 354. The highest BCUT2D eigenvalue weighted by Crippen LogP contribution is 2.51. The molecule has 1 atom stereocenters. The summed E-state index contributed by atoms with van der Waals surface area (Å²) in [6.45, 7) is 15.1. The molecular weight excluding hydrogens is 280 g/mol. The number of rotatable bonds is 5. The Hall–Kier alpha value is -0.0800. The minimum absolute atomic E-state index is 0.738. The van der Waals surface area contributed by atoms with Crippen molar-refractivity contribution in [1.82, 2.24) is 9.80 Å². The van der Waals surface area contributed by atoms with Gasteiger partial charge >= 0.3 is 0 Å². The fourth-order valence-corrected chi connectivity index (χ4v) is 5.60. The molecule has 2 aliphatic heterocycles. The van der Waals surface area contributed by atoms with Crippen molar-refractivity contribution in [2.24, 2.45) is 17.3 Å². The maximum atomic E-state index is 2.84. The number of likely N-dealkylation sites (tertiary alicyclic amines) is 2. The molecule has 1 saturated carbocycles. The molecule has 0 aromatic carbocycles. The molecule has 134 valence electrons. The Balaban J connectivity index is 1.40. The average Bonchev–Trinajstić information content (AvgIpc) is 2.53. The van der Waals surface area contributed by atoms with Crippen LogP contribution in [-0.4, -0.2) is 48.1 Å². The van der Waals surface area contributed by atoms with E-state index in [4.69, 9.17) is 0 Å². The van der Waals surface area contributed by atoms with Gasteiger partial charge in [0.2, 0.25) is 0 Å². The highest BCUT2D eigenvalue weighted by atomic mass is 15.2. The maximum Gasteiger partial charge on any atom is 0.0106 e. The summed E-state index contributed by atoms with van der Waals surface area (Å²) in [5.41, 5.74) is 0.738. The van der Waals surface area contributed by atoms with Crippen molar-refractivity contribution >= 4 is 0 Å². The zero-order valence-electron chi connectivity index (χ0n) is 16.2. The number of nitrogens with zero attached hydrogens (tertiary/aromatic N) is 2. The molecule has 3 aliphatic rings. The predicted molar refractivity (Wildman–Crippen MR) is 99.8 cm³/mol. The normalized spacial score (nSPS) is 29.1. The second kappa shape index (κ2) is 7.44. The molecule has 3 rings (SSSR count). The lowest BCUT2D eigenvalue weighted by atomic mass is 9.59. The first-order valence-electron chi connectivity index (χ1n) is 10.5. The van der Waals surface area contributed by atoms with Gasteiger partial charge in [0.05, 0.1) is 0 Å². The monoisotopic (exact) mass is 320 g/mol. The lowest BCUT2D eigenvalue weighted by Gasteiger charge is -2.57. The quantitative estimate of drug-likeness (QED) is 0.719. The molecule has 1 aliphatic carbocycles. The summed E-state index contributed by atoms with van der Waals surface area (Å²) in [6, 6.07) is 1.74. The van der Waals surface area contributed by atoms with Crippen molar-refractivity contribution in [2.45, 2.75) is 91.1 Å². The van der Waals surface area contributed by atoms with Gasteiger partial charge in [0.25, 0.3) is 0 Å². The maximum absolute atomic E-state index is 2.84. The summed E-state index contributed by atoms with van der Waals surface area (Å²) >= 11 is 0. The molecule has 2 heteroatoms.